The van der Waals surface area contributed by atoms with Gasteiger partial charge in [-0.1, -0.05) is 26.3 Å². The molecule has 4 heteroatoms. The molecule has 0 aromatic heterocycles. The third-order valence-corrected chi connectivity index (χ3v) is 3.92. The van der Waals surface area contributed by atoms with Crippen LogP contribution >= 0.6 is 0 Å². The molecule has 0 aliphatic heterocycles. The summed E-state index contributed by atoms with van der Waals surface area (Å²) < 4.78 is 5.68. The number of ether oxygens (including phenoxy) is 1. The zero-order valence-corrected chi connectivity index (χ0v) is 14.7. The highest BCUT2D eigenvalue weighted by Crippen LogP contribution is 2.25. The fourth-order valence-electron chi connectivity index (χ4n) is 2.60. The van der Waals surface area contributed by atoms with Crippen molar-refractivity contribution >= 4 is 17.3 Å². The minimum atomic E-state index is -0.140. The molecular weight excluding hydrogens is 300 g/mol. The summed E-state index contributed by atoms with van der Waals surface area (Å²) in [4.78, 5) is 12.6. The number of nitrogens with two attached hydrogens (primary N) is 1. The SMILES string of the molecule is CCCCOc1cccc(C(=O)Nc2c(C)cc(N)cc2CC)c1. The maximum atomic E-state index is 12.6. The van der Waals surface area contributed by atoms with Crippen LogP contribution in [0.15, 0.2) is 36.4 Å². The number of carbonyl (C=O) groups is 1. The van der Waals surface area contributed by atoms with Crippen LogP contribution < -0.4 is 15.8 Å². The second-order valence-corrected chi connectivity index (χ2v) is 5.91. The lowest BCUT2D eigenvalue weighted by atomic mass is 10.0. The van der Waals surface area contributed by atoms with Gasteiger partial charge in [-0.25, -0.2) is 0 Å². The van der Waals surface area contributed by atoms with Gasteiger partial charge in [0.1, 0.15) is 5.75 Å². The highest BCUT2D eigenvalue weighted by atomic mass is 16.5. The van der Waals surface area contributed by atoms with Gasteiger partial charge < -0.3 is 15.8 Å². The topological polar surface area (TPSA) is 64.3 Å². The predicted octanol–water partition coefficient (Wildman–Crippen LogP) is 4.57. The zero-order chi connectivity index (χ0) is 17.5. The molecule has 0 atom stereocenters. The number of nitrogen functional groups attached to an aromatic ring is 1. The van der Waals surface area contributed by atoms with Crippen LogP contribution in [0.25, 0.3) is 0 Å². The van der Waals surface area contributed by atoms with Gasteiger partial charge in [0.25, 0.3) is 5.91 Å². The third kappa shape index (κ3) is 4.51. The minimum absolute atomic E-state index is 0.140. The molecule has 4 nitrogen and oxygen atoms in total. The first kappa shape index (κ1) is 17.9. The van der Waals surface area contributed by atoms with Gasteiger partial charge in [0.2, 0.25) is 0 Å². The molecule has 0 bridgehead atoms. The van der Waals surface area contributed by atoms with Gasteiger partial charge in [-0.15, -0.1) is 0 Å². The number of amides is 1. The Morgan fingerprint density at radius 2 is 2.00 bits per heavy atom. The number of unbranched alkanes of at least 4 members (excludes halogenated alkanes) is 1. The minimum Gasteiger partial charge on any atom is -0.494 e. The molecule has 2 aromatic carbocycles. The van der Waals surface area contributed by atoms with Crippen LogP contribution in [0.5, 0.6) is 5.75 Å². The number of benzene rings is 2. The molecule has 0 unspecified atom stereocenters. The second-order valence-electron chi connectivity index (χ2n) is 5.91. The molecule has 1 amide bonds. The summed E-state index contributed by atoms with van der Waals surface area (Å²) in [6, 6.07) is 11.1. The molecule has 0 saturated carbocycles. The van der Waals surface area contributed by atoms with Gasteiger partial charge in [0.05, 0.1) is 6.61 Å². The number of carbonyl (C=O) groups excluding carboxylic acids is 1. The lowest BCUT2D eigenvalue weighted by Crippen LogP contribution is -2.14. The van der Waals surface area contributed by atoms with Gasteiger partial charge in [-0.05, 0) is 61.2 Å². The lowest BCUT2D eigenvalue weighted by Gasteiger charge is -2.14. The maximum Gasteiger partial charge on any atom is 0.255 e. The molecular formula is C20H26N2O2. The van der Waals surface area contributed by atoms with Crippen molar-refractivity contribution in [1.29, 1.82) is 0 Å². The van der Waals surface area contributed by atoms with E-state index in [2.05, 4.69) is 12.2 Å². The summed E-state index contributed by atoms with van der Waals surface area (Å²) >= 11 is 0. The predicted molar refractivity (Wildman–Crippen MR) is 99.8 cm³/mol. The molecule has 0 saturated heterocycles. The summed E-state index contributed by atoms with van der Waals surface area (Å²) in [7, 11) is 0. The Kier molecular flexibility index (Phi) is 6.24. The average Bonchev–Trinajstić information content (AvgIpc) is 2.57. The van der Waals surface area contributed by atoms with Crippen LogP contribution in [0, 0.1) is 6.92 Å². The number of hydrogen-bond donors (Lipinski definition) is 2. The summed E-state index contributed by atoms with van der Waals surface area (Å²) in [5.74, 6) is 0.583. The number of nitrogens with one attached hydrogen (secondary N) is 1. The lowest BCUT2D eigenvalue weighted by molar-refractivity contribution is 0.102. The molecule has 128 valence electrons. The average molecular weight is 326 g/mol. The van der Waals surface area contributed by atoms with E-state index in [4.69, 9.17) is 10.5 Å². The Bertz CT molecular complexity index is 711. The number of anilines is 2. The first-order valence-corrected chi connectivity index (χ1v) is 8.48. The van der Waals surface area contributed by atoms with E-state index in [1.807, 2.05) is 38.1 Å². The van der Waals surface area contributed by atoms with E-state index in [1.54, 1.807) is 12.1 Å². The molecule has 2 rings (SSSR count). The number of aryl methyl sites for hydroxylation is 2. The van der Waals surface area contributed by atoms with Crippen LogP contribution in [0.2, 0.25) is 0 Å². The number of rotatable bonds is 7. The molecule has 0 spiro atoms. The van der Waals surface area contributed by atoms with Crippen LogP contribution in [0.3, 0.4) is 0 Å². The molecule has 24 heavy (non-hydrogen) atoms. The van der Waals surface area contributed by atoms with E-state index in [-0.39, 0.29) is 5.91 Å². The fourth-order valence-corrected chi connectivity index (χ4v) is 2.60. The van der Waals surface area contributed by atoms with E-state index in [0.29, 0.717) is 17.9 Å². The van der Waals surface area contributed by atoms with E-state index < -0.39 is 0 Å². The van der Waals surface area contributed by atoms with Crippen molar-refractivity contribution < 1.29 is 9.53 Å². The third-order valence-electron chi connectivity index (χ3n) is 3.92. The Balaban J connectivity index is 2.17. The summed E-state index contributed by atoms with van der Waals surface area (Å²) in [5.41, 5.74) is 10.0. The zero-order valence-electron chi connectivity index (χ0n) is 14.7. The first-order chi connectivity index (χ1) is 11.5. The quantitative estimate of drug-likeness (QED) is 0.578. The van der Waals surface area contributed by atoms with Gasteiger partial charge in [-0.3, -0.25) is 4.79 Å². The van der Waals surface area contributed by atoms with E-state index in [9.17, 15) is 4.79 Å². The van der Waals surface area contributed by atoms with Crippen LogP contribution in [0.4, 0.5) is 11.4 Å². The summed E-state index contributed by atoms with van der Waals surface area (Å²) in [6.45, 7) is 6.79. The fraction of sp³-hybridized carbons (Fsp3) is 0.350. The molecule has 0 heterocycles. The van der Waals surface area contributed by atoms with Crippen LogP contribution in [-0.4, -0.2) is 12.5 Å². The van der Waals surface area contributed by atoms with Crippen LogP contribution in [-0.2, 0) is 6.42 Å². The van der Waals surface area contributed by atoms with Crippen molar-refractivity contribution in [2.45, 2.75) is 40.0 Å². The van der Waals surface area contributed by atoms with Gasteiger partial charge in [0, 0.05) is 16.9 Å². The molecule has 0 fully saturated rings. The second kappa shape index (κ2) is 8.39. The van der Waals surface area contributed by atoms with Crippen molar-refractivity contribution in [3.05, 3.63) is 53.1 Å². The van der Waals surface area contributed by atoms with Gasteiger partial charge >= 0.3 is 0 Å². The Labute approximate surface area is 144 Å². The normalized spacial score (nSPS) is 10.5. The highest BCUT2D eigenvalue weighted by molar-refractivity contribution is 6.05. The highest BCUT2D eigenvalue weighted by Gasteiger charge is 2.12. The largest absolute Gasteiger partial charge is 0.494 e. The Hall–Kier alpha value is -2.49. The van der Waals surface area contributed by atoms with Crippen molar-refractivity contribution in [2.75, 3.05) is 17.7 Å². The van der Waals surface area contributed by atoms with Gasteiger partial charge in [-0.2, -0.15) is 0 Å². The van der Waals surface area contributed by atoms with E-state index in [0.717, 1.165) is 41.8 Å². The molecule has 0 aliphatic rings. The van der Waals surface area contributed by atoms with Crippen molar-refractivity contribution in [2.24, 2.45) is 0 Å². The standard InChI is InChI=1S/C20H26N2O2/c1-4-6-10-24-18-9-7-8-16(13-18)20(23)22-19-14(3)11-17(21)12-15(19)5-2/h7-9,11-13H,4-6,10,21H2,1-3H3,(H,22,23). The smallest absolute Gasteiger partial charge is 0.255 e. The Morgan fingerprint density at radius 1 is 1.21 bits per heavy atom. The monoisotopic (exact) mass is 326 g/mol. The molecule has 3 N–H and O–H groups in total. The molecule has 0 aliphatic carbocycles. The molecule has 0 radical (unpaired) electrons. The molecule has 2 aromatic rings. The summed E-state index contributed by atoms with van der Waals surface area (Å²) in [6.07, 6.45) is 2.89. The first-order valence-electron chi connectivity index (χ1n) is 8.48. The summed E-state index contributed by atoms with van der Waals surface area (Å²) in [5, 5.41) is 3.02. The van der Waals surface area contributed by atoms with E-state index in [1.165, 1.54) is 0 Å². The maximum absolute atomic E-state index is 12.6. The van der Waals surface area contributed by atoms with E-state index >= 15 is 0 Å². The van der Waals surface area contributed by atoms with Crippen molar-refractivity contribution in [3.8, 4) is 5.75 Å². The van der Waals surface area contributed by atoms with Crippen molar-refractivity contribution in [3.63, 3.8) is 0 Å². The number of hydrogen-bond acceptors (Lipinski definition) is 3. The van der Waals surface area contributed by atoms with Gasteiger partial charge in [0.15, 0.2) is 0 Å². The van der Waals surface area contributed by atoms with Crippen molar-refractivity contribution in [1.82, 2.24) is 0 Å². The van der Waals surface area contributed by atoms with Crippen LogP contribution in [0.1, 0.15) is 48.2 Å². The Morgan fingerprint density at radius 3 is 2.71 bits per heavy atom.